The third kappa shape index (κ3) is 1.55. The van der Waals surface area contributed by atoms with Crippen molar-refractivity contribution in [2.24, 2.45) is 4.99 Å². The predicted octanol–water partition coefficient (Wildman–Crippen LogP) is 3.48. The number of para-hydroxylation sites is 1. The lowest BCUT2D eigenvalue weighted by molar-refractivity contribution is 1.33. The first-order valence-corrected chi connectivity index (χ1v) is 5.81. The molecule has 0 saturated carbocycles. The maximum absolute atomic E-state index is 5.75. The van der Waals surface area contributed by atoms with Gasteiger partial charge in [0, 0.05) is 17.3 Å². The van der Waals surface area contributed by atoms with Crippen LogP contribution in [0.1, 0.15) is 12.1 Å². The van der Waals surface area contributed by atoms with Gasteiger partial charge in [-0.25, -0.2) is 0 Å². The van der Waals surface area contributed by atoms with Gasteiger partial charge in [-0.05, 0) is 12.1 Å². The number of aliphatic imine (C=N–C) groups is 1. The van der Waals surface area contributed by atoms with E-state index in [9.17, 15) is 0 Å². The van der Waals surface area contributed by atoms with Gasteiger partial charge in [0.05, 0.1) is 23.0 Å². The van der Waals surface area contributed by atoms with E-state index in [4.69, 9.17) is 11.6 Å². The summed E-state index contributed by atoms with van der Waals surface area (Å²) < 4.78 is 0. The van der Waals surface area contributed by atoms with Crippen LogP contribution in [-0.2, 0) is 0 Å². The van der Waals surface area contributed by atoms with Crippen molar-refractivity contribution in [3.05, 3.63) is 47.8 Å². The standard InChI is InChI=1S/C13H11ClN2/c14-8-10-5-6-12(15-10)13-7-9-3-1-2-4-11(9)16-13/h1-5,7,16H,6,8H2. The van der Waals surface area contributed by atoms with E-state index in [0.717, 1.165) is 29.0 Å². The second kappa shape index (κ2) is 3.80. The van der Waals surface area contributed by atoms with E-state index in [2.05, 4.69) is 34.3 Å². The number of aromatic amines is 1. The first-order chi connectivity index (χ1) is 7.86. The SMILES string of the molecule is ClCC1=CCC(c2cc3ccccc3[nH]2)=N1. The molecule has 1 aliphatic rings. The molecule has 0 saturated heterocycles. The monoisotopic (exact) mass is 230 g/mol. The fourth-order valence-corrected chi connectivity index (χ4v) is 2.13. The molecule has 3 rings (SSSR count). The Labute approximate surface area is 98.7 Å². The summed E-state index contributed by atoms with van der Waals surface area (Å²) in [5, 5.41) is 1.22. The van der Waals surface area contributed by atoms with Crippen molar-refractivity contribution in [3.8, 4) is 0 Å². The van der Waals surface area contributed by atoms with Gasteiger partial charge in [0.1, 0.15) is 0 Å². The Balaban J connectivity index is 2.02. The molecule has 16 heavy (non-hydrogen) atoms. The molecule has 3 heteroatoms. The Morgan fingerprint density at radius 2 is 2.19 bits per heavy atom. The second-order valence-corrected chi connectivity index (χ2v) is 4.13. The molecule has 1 N–H and O–H groups in total. The minimum atomic E-state index is 0.490. The molecule has 0 fully saturated rings. The van der Waals surface area contributed by atoms with Gasteiger partial charge >= 0.3 is 0 Å². The van der Waals surface area contributed by atoms with Crippen LogP contribution in [0.15, 0.2) is 47.1 Å². The van der Waals surface area contributed by atoms with Gasteiger partial charge in [0.15, 0.2) is 0 Å². The lowest BCUT2D eigenvalue weighted by atomic mass is 10.2. The number of alkyl halides is 1. The summed E-state index contributed by atoms with van der Waals surface area (Å²) >= 11 is 5.75. The third-order valence-electron chi connectivity index (χ3n) is 2.79. The Hall–Kier alpha value is -1.54. The maximum Gasteiger partial charge on any atom is 0.0680 e. The number of nitrogens with one attached hydrogen (secondary N) is 1. The van der Waals surface area contributed by atoms with Gasteiger partial charge in [-0.3, -0.25) is 4.99 Å². The summed E-state index contributed by atoms with van der Waals surface area (Å²) in [5.74, 6) is 0.490. The number of rotatable bonds is 2. The average Bonchev–Trinajstić information content (AvgIpc) is 2.95. The van der Waals surface area contributed by atoms with E-state index in [1.54, 1.807) is 0 Å². The van der Waals surface area contributed by atoms with Gasteiger partial charge < -0.3 is 4.98 Å². The molecule has 2 aromatic rings. The molecule has 2 heterocycles. The highest BCUT2D eigenvalue weighted by Gasteiger charge is 2.12. The molecule has 0 unspecified atom stereocenters. The predicted molar refractivity (Wildman–Crippen MR) is 68.3 cm³/mol. The van der Waals surface area contributed by atoms with Crippen LogP contribution in [0.25, 0.3) is 10.9 Å². The van der Waals surface area contributed by atoms with E-state index in [-0.39, 0.29) is 0 Å². The number of allylic oxidation sites excluding steroid dienone is 2. The lowest BCUT2D eigenvalue weighted by Crippen LogP contribution is -1.95. The van der Waals surface area contributed by atoms with Crippen LogP contribution in [0, 0.1) is 0 Å². The number of nitrogens with zero attached hydrogens (tertiary/aromatic N) is 1. The number of hydrogen-bond acceptors (Lipinski definition) is 1. The number of aromatic nitrogens is 1. The lowest BCUT2D eigenvalue weighted by Gasteiger charge is -1.94. The number of halogens is 1. The fraction of sp³-hybridized carbons (Fsp3) is 0.154. The van der Waals surface area contributed by atoms with Crippen LogP contribution in [0.3, 0.4) is 0 Å². The van der Waals surface area contributed by atoms with Crippen LogP contribution in [0.4, 0.5) is 0 Å². The van der Waals surface area contributed by atoms with Crippen molar-refractivity contribution in [2.45, 2.75) is 6.42 Å². The summed E-state index contributed by atoms with van der Waals surface area (Å²) in [4.78, 5) is 7.86. The topological polar surface area (TPSA) is 28.1 Å². The van der Waals surface area contributed by atoms with Gasteiger partial charge in [-0.1, -0.05) is 24.3 Å². The minimum Gasteiger partial charge on any atom is -0.354 e. The van der Waals surface area contributed by atoms with E-state index in [1.807, 2.05) is 12.1 Å². The second-order valence-electron chi connectivity index (χ2n) is 3.86. The summed E-state index contributed by atoms with van der Waals surface area (Å²) in [5.41, 5.74) is 4.29. The van der Waals surface area contributed by atoms with Crippen molar-refractivity contribution < 1.29 is 0 Å². The molecule has 2 nitrogen and oxygen atoms in total. The Morgan fingerprint density at radius 1 is 1.31 bits per heavy atom. The Bertz CT molecular complexity index is 560. The quantitative estimate of drug-likeness (QED) is 0.766. The number of hydrogen-bond donors (Lipinski definition) is 1. The Kier molecular flexibility index (Phi) is 2.29. The molecule has 0 spiro atoms. The van der Waals surface area contributed by atoms with E-state index >= 15 is 0 Å². The fourth-order valence-electron chi connectivity index (χ4n) is 1.96. The minimum absolute atomic E-state index is 0.490. The Morgan fingerprint density at radius 3 is 2.94 bits per heavy atom. The molecule has 1 aliphatic heterocycles. The van der Waals surface area contributed by atoms with E-state index in [0.29, 0.717) is 5.88 Å². The van der Waals surface area contributed by atoms with Crippen molar-refractivity contribution in [1.82, 2.24) is 4.98 Å². The number of fused-ring (bicyclic) bond motifs is 1. The normalized spacial score (nSPS) is 15.3. The van der Waals surface area contributed by atoms with Crippen molar-refractivity contribution in [1.29, 1.82) is 0 Å². The van der Waals surface area contributed by atoms with Crippen LogP contribution in [0.5, 0.6) is 0 Å². The average molecular weight is 231 g/mol. The highest BCUT2D eigenvalue weighted by Crippen LogP contribution is 2.20. The summed E-state index contributed by atoms with van der Waals surface area (Å²) in [6, 6.07) is 10.4. The van der Waals surface area contributed by atoms with Gasteiger partial charge in [0.25, 0.3) is 0 Å². The molecule has 0 atom stereocenters. The number of benzene rings is 1. The van der Waals surface area contributed by atoms with Crippen molar-refractivity contribution in [3.63, 3.8) is 0 Å². The third-order valence-corrected chi connectivity index (χ3v) is 3.06. The molecule has 1 aromatic carbocycles. The van der Waals surface area contributed by atoms with Gasteiger partial charge in [-0.2, -0.15) is 0 Å². The molecular formula is C13H11ClN2. The molecule has 80 valence electrons. The summed E-state index contributed by atoms with van der Waals surface area (Å²) in [7, 11) is 0. The number of H-pyrrole nitrogens is 1. The molecule has 0 radical (unpaired) electrons. The molecule has 0 aliphatic carbocycles. The zero-order valence-corrected chi connectivity index (χ0v) is 9.46. The van der Waals surface area contributed by atoms with Gasteiger partial charge in [0.2, 0.25) is 0 Å². The van der Waals surface area contributed by atoms with Crippen LogP contribution in [0.2, 0.25) is 0 Å². The first-order valence-electron chi connectivity index (χ1n) is 5.27. The van der Waals surface area contributed by atoms with E-state index < -0.39 is 0 Å². The van der Waals surface area contributed by atoms with Crippen LogP contribution >= 0.6 is 11.6 Å². The van der Waals surface area contributed by atoms with Gasteiger partial charge in [-0.15, -0.1) is 11.6 Å². The van der Waals surface area contributed by atoms with Crippen LogP contribution in [-0.4, -0.2) is 16.6 Å². The summed E-state index contributed by atoms with van der Waals surface area (Å²) in [6.45, 7) is 0. The molecule has 0 bridgehead atoms. The maximum atomic E-state index is 5.75. The smallest absolute Gasteiger partial charge is 0.0680 e. The molecular weight excluding hydrogens is 220 g/mol. The largest absolute Gasteiger partial charge is 0.354 e. The zero-order valence-electron chi connectivity index (χ0n) is 8.70. The van der Waals surface area contributed by atoms with Crippen molar-refractivity contribution >= 4 is 28.2 Å². The summed E-state index contributed by atoms with van der Waals surface area (Å²) in [6.07, 6.45) is 2.95. The first kappa shape index (κ1) is 9.67. The zero-order chi connectivity index (χ0) is 11.0. The van der Waals surface area contributed by atoms with E-state index in [1.165, 1.54) is 5.39 Å². The van der Waals surface area contributed by atoms with Crippen LogP contribution < -0.4 is 0 Å². The van der Waals surface area contributed by atoms with Crippen molar-refractivity contribution in [2.75, 3.05) is 5.88 Å². The molecule has 1 aromatic heterocycles. The highest BCUT2D eigenvalue weighted by molar-refractivity contribution is 6.20. The highest BCUT2D eigenvalue weighted by atomic mass is 35.5. The molecule has 0 amide bonds.